The molecule has 1 N–H and O–H groups in total. The highest BCUT2D eigenvalue weighted by Crippen LogP contribution is 2.29. The lowest BCUT2D eigenvalue weighted by atomic mass is 10.0. The van der Waals surface area contributed by atoms with Crippen molar-refractivity contribution in [1.82, 2.24) is 0 Å². The largest absolute Gasteiger partial charge is 0.496 e. The van der Waals surface area contributed by atoms with Gasteiger partial charge in [-0.3, -0.25) is 9.59 Å². The van der Waals surface area contributed by atoms with Crippen LogP contribution in [0.2, 0.25) is 0 Å². The minimum Gasteiger partial charge on any atom is -0.496 e. The van der Waals surface area contributed by atoms with Crippen LogP contribution in [0.3, 0.4) is 0 Å². The standard InChI is InChI=1S/C14H19NO4/c1-9(2)11-7-10(5-6-12(11)18-3)15-13(16)8-14(17)19-4/h5-7,9H,8H2,1-4H3,(H,15,16). The molecule has 0 aromatic heterocycles. The Morgan fingerprint density at radius 1 is 1.26 bits per heavy atom. The molecule has 1 amide bonds. The number of carbonyl (C=O) groups excluding carboxylic acids is 2. The van der Waals surface area contributed by atoms with Gasteiger partial charge in [-0.1, -0.05) is 13.8 Å². The van der Waals surface area contributed by atoms with E-state index in [1.165, 1.54) is 7.11 Å². The summed E-state index contributed by atoms with van der Waals surface area (Å²) in [5.41, 5.74) is 1.64. The zero-order valence-corrected chi connectivity index (χ0v) is 11.6. The van der Waals surface area contributed by atoms with Gasteiger partial charge in [-0.05, 0) is 29.7 Å². The normalized spacial score (nSPS) is 10.2. The Bertz CT molecular complexity index is 469. The summed E-state index contributed by atoms with van der Waals surface area (Å²) in [6.45, 7) is 4.08. The van der Waals surface area contributed by atoms with E-state index in [0.717, 1.165) is 11.3 Å². The number of amides is 1. The number of benzene rings is 1. The predicted octanol–water partition coefficient (Wildman–Crippen LogP) is 2.32. The van der Waals surface area contributed by atoms with Crippen LogP contribution in [0.15, 0.2) is 18.2 Å². The third-order valence-electron chi connectivity index (χ3n) is 2.67. The summed E-state index contributed by atoms with van der Waals surface area (Å²) in [5, 5.41) is 2.66. The maximum atomic E-state index is 11.6. The van der Waals surface area contributed by atoms with E-state index >= 15 is 0 Å². The number of esters is 1. The average molecular weight is 265 g/mol. The van der Waals surface area contributed by atoms with E-state index in [2.05, 4.69) is 10.1 Å². The van der Waals surface area contributed by atoms with E-state index in [1.807, 2.05) is 19.9 Å². The van der Waals surface area contributed by atoms with Gasteiger partial charge in [-0.2, -0.15) is 0 Å². The quantitative estimate of drug-likeness (QED) is 0.655. The average Bonchev–Trinajstić information content (AvgIpc) is 2.38. The SMILES string of the molecule is COC(=O)CC(=O)Nc1ccc(OC)c(C(C)C)c1. The number of ether oxygens (including phenoxy) is 2. The number of hydrogen-bond acceptors (Lipinski definition) is 4. The van der Waals surface area contributed by atoms with Crippen molar-refractivity contribution in [3.8, 4) is 5.75 Å². The van der Waals surface area contributed by atoms with E-state index in [4.69, 9.17) is 4.74 Å². The second-order valence-corrected chi connectivity index (χ2v) is 4.41. The minimum atomic E-state index is -0.560. The van der Waals surface area contributed by atoms with Crippen molar-refractivity contribution in [2.45, 2.75) is 26.2 Å². The van der Waals surface area contributed by atoms with Crippen molar-refractivity contribution in [2.24, 2.45) is 0 Å². The number of anilines is 1. The second-order valence-electron chi connectivity index (χ2n) is 4.41. The number of methoxy groups -OCH3 is 2. The molecule has 104 valence electrons. The maximum Gasteiger partial charge on any atom is 0.315 e. The molecule has 0 aliphatic rings. The second kappa shape index (κ2) is 6.78. The fourth-order valence-corrected chi connectivity index (χ4v) is 1.67. The predicted molar refractivity (Wildman–Crippen MR) is 72.3 cm³/mol. The highest BCUT2D eigenvalue weighted by atomic mass is 16.5. The van der Waals surface area contributed by atoms with Crippen LogP contribution in [0.25, 0.3) is 0 Å². The summed E-state index contributed by atoms with van der Waals surface area (Å²) in [5.74, 6) is 0.0928. The molecule has 5 nitrogen and oxygen atoms in total. The van der Waals surface area contributed by atoms with Gasteiger partial charge in [-0.15, -0.1) is 0 Å². The molecule has 0 fully saturated rings. The maximum absolute atomic E-state index is 11.6. The summed E-state index contributed by atoms with van der Waals surface area (Å²) in [6.07, 6.45) is -0.292. The van der Waals surface area contributed by atoms with Gasteiger partial charge in [-0.25, -0.2) is 0 Å². The van der Waals surface area contributed by atoms with Crippen LogP contribution in [-0.2, 0) is 14.3 Å². The molecule has 1 rings (SSSR count). The highest BCUT2D eigenvalue weighted by Gasteiger charge is 2.12. The Hall–Kier alpha value is -2.04. The number of rotatable bonds is 5. The van der Waals surface area contributed by atoms with Crippen LogP contribution < -0.4 is 10.1 Å². The highest BCUT2D eigenvalue weighted by molar-refractivity contribution is 6.01. The van der Waals surface area contributed by atoms with Crippen molar-refractivity contribution in [3.05, 3.63) is 23.8 Å². The first-order valence-electron chi connectivity index (χ1n) is 6.02. The van der Waals surface area contributed by atoms with E-state index in [0.29, 0.717) is 5.69 Å². The lowest BCUT2D eigenvalue weighted by Crippen LogP contribution is -2.17. The van der Waals surface area contributed by atoms with Crippen LogP contribution in [0.1, 0.15) is 31.7 Å². The van der Waals surface area contributed by atoms with Gasteiger partial charge in [0.15, 0.2) is 0 Å². The molecular weight excluding hydrogens is 246 g/mol. The minimum absolute atomic E-state index is 0.271. The smallest absolute Gasteiger partial charge is 0.315 e. The van der Waals surface area contributed by atoms with E-state index < -0.39 is 11.9 Å². The number of hydrogen-bond donors (Lipinski definition) is 1. The van der Waals surface area contributed by atoms with E-state index in [1.54, 1.807) is 19.2 Å². The van der Waals surface area contributed by atoms with Crippen molar-refractivity contribution in [2.75, 3.05) is 19.5 Å². The van der Waals surface area contributed by atoms with E-state index in [9.17, 15) is 9.59 Å². The third kappa shape index (κ3) is 4.28. The molecule has 0 saturated heterocycles. The molecular formula is C14H19NO4. The van der Waals surface area contributed by atoms with Crippen LogP contribution in [0.4, 0.5) is 5.69 Å². The van der Waals surface area contributed by atoms with Gasteiger partial charge in [0.2, 0.25) is 5.91 Å². The molecule has 0 saturated carbocycles. The van der Waals surface area contributed by atoms with Crippen LogP contribution >= 0.6 is 0 Å². The molecule has 0 unspecified atom stereocenters. The Morgan fingerprint density at radius 3 is 2.47 bits per heavy atom. The first-order valence-corrected chi connectivity index (χ1v) is 6.02. The Morgan fingerprint density at radius 2 is 1.95 bits per heavy atom. The molecule has 0 aliphatic heterocycles. The van der Waals surface area contributed by atoms with Crippen molar-refractivity contribution in [1.29, 1.82) is 0 Å². The monoisotopic (exact) mass is 265 g/mol. The summed E-state index contributed by atoms with van der Waals surface area (Å²) < 4.78 is 9.70. The van der Waals surface area contributed by atoms with Crippen molar-refractivity contribution < 1.29 is 19.1 Å². The Kier molecular flexibility index (Phi) is 5.36. The summed E-state index contributed by atoms with van der Waals surface area (Å²) in [4.78, 5) is 22.6. The van der Waals surface area contributed by atoms with Crippen LogP contribution in [0.5, 0.6) is 5.75 Å². The molecule has 0 bridgehead atoms. The van der Waals surface area contributed by atoms with Gasteiger partial charge < -0.3 is 14.8 Å². The zero-order valence-electron chi connectivity index (χ0n) is 11.6. The summed E-state index contributed by atoms with van der Waals surface area (Å²) in [7, 11) is 2.86. The molecule has 1 aromatic carbocycles. The molecule has 0 atom stereocenters. The lowest BCUT2D eigenvalue weighted by Gasteiger charge is -2.14. The van der Waals surface area contributed by atoms with Gasteiger partial charge in [0.1, 0.15) is 12.2 Å². The molecule has 0 radical (unpaired) electrons. The molecule has 19 heavy (non-hydrogen) atoms. The summed E-state index contributed by atoms with van der Waals surface area (Å²) in [6, 6.07) is 5.38. The Labute approximate surface area is 112 Å². The topological polar surface area (TPSA) is 64.6 Å². The first-order chi connectivity index (χ1) is 8.97. The van der Waals surface area contributed by atoms with Gasteiger partial charge in [0.25, 0.3) is 0 Å². The molecule has 5 heteroatoms. The first kappa shape index (κ1) is 15.0. The van der Waals surface area contributed by atoms with Crippen molar-refractivity contribution >= 4 is 17.6 Å². The Balaban J connectivity index is 2.82. The van der Waals surface area contributed by atoms with E-state index in [-0.39, 0.29) is 12.3 Å². The fraction of sp³-hybridized carbons (Fsp3) is 0.429. The molecule has 0 spiro atoms. The van der Waals surface area contributed by atoms with Crippen molar-refractivity contribution in [3.63, 3.8) is 0 Å². The zero-order chi connectivity index (χ0) is 14.4. The molecule has 0 aliphatic carbocycles. The van der Waals surface area contributed by atoms with Crippen LogP contribution in [0, 0.1) is 0 Å². The number of nitrogens with one attached hydrogen (secondary N) is 1. The molecule has 1 aromatic rings. The lowest BCUT2D eigenvalue weighted by molar-refractivity contribution is -0.142. The molecule has 0 heterocycles. The van der Waals surface area contributed by atoms with Gasteiger partial charge in [0.05, 0.1) is 14.2 Å². The van der Waals surface area contributed by atoms with Gasteiger partial charge in [0, 0.05) is 5.69 Å². The summed E-state index contributed by atoms with van der Waals surface area (Å²) >= 11 is 0. The number of carbonyl (C=O) groups is 2. The third-order valence-corrected chi connectivity index (χ3v) is 2.67. The van der Waals surface area contributed by atoms with Gasteiger partial charge >= 0.3 is 5.97 Å². The fourth-order valence-electron chi connectivity index (χ4n) is 1.67. The van der Waals surface area contributed by atoms with Crippen LogP contribution in [-0.4, -0.2) is 26.1 Å².